The van der Waals surface area contributed by atoms with E-state index in [9.17, 15) is 19.2 Å². The minimum atomic E-state index is -4.06. The Kier molecular flexibility index (Phi) is 12.3. The Morgan fingerprint density at radius 2 is 1.73 bits per heavy atom. The summed E-state index contributed by atoms with van der Waals surface area (Å²) in [5, 5.41) is 20.3. The number of nitriles is 1. The van der Waals surface area contributed by atoms with Crippen molar-refractivity contribution in [2.24, 2.45) is 11.8 Å². The molecule has 0 bridgehead atoms. The molecule has 2 aliphatic rings. The molecule has 5 rings (SSSR count). The van der Waals surface area contributed by atoms with E-state index in [1.54, 1.807) is 17.9 Å². The molecular weight excluding hydrogens is 698 g/mol. The predicted molar refractivity (Wildman–Crippen MR) is 187 cm³/mol. The Hall–Kier alpha value is -4.88. The van der Waals surface area contributed by atoms with Gasteiger partial charge in [0.1, 0.15) is 22.8 Å². The Balaban J connectivity index is 1.35. The maximum Gasteiger partial charge on any atom is 0.349 e. The number of rotatable bonds is 11. The van der Waals surface area contributed by atoms with Crippen molar-refractivity contribution >= 4 is 40.8 Å². The third-order valence-corrected chi connectivity index (χ3v) is 10.6. The number of likely N-dealkylation sites (N-methyl/N-ethyl adjacent to an activating group) is 1. The smallest absolute Gasteiger partial charge is 0.339 e. The number of carbonyl (C=O) groups is 4. The van der Waals surface area contributed by atoms with Gasteiger partial charge in [-0.15, -0.1) is 5.10 Å². The Morgan fingerprint density at radius 3 is 2.37 bits per heavy atom. The highest BCUT2D eigenvalue weighted by Crippen LogP contribution is 2.34. The topological polar surface area (TPSA) is 160 Å². The molecule has 4 amide bonds. The lowest BCUT2D eigenvalue weighted by atomic mass is 9.79. The van der Waals surface area contributed by atoms with Crippen LogP contribution in [0.25, 0.3) is 0 Å². The van der Waals surface area contributed by atoms with Gasteiger partial charge < -0.3 is 25.8 Å². The summed E-state index contributed by atoms with van der Waals surface area (Å²) < 4.78 is 50.2. The molecule has 2 fully saturated rings. The van der Waals surface area contributed by atoms with E-state index >= 15 is 13.2 Å². The normalized spacial score (nSPS) is 19.8. The number of anilines is 1. The van der Waals surface area contributed by atoms with Gasteiger partial charge in [0, 0.05) is 37.7 Å². The molecule has 3 N–H and O–H groups in total. The van der Waals surface area contributed by atoms with Crippen LogP contribution in [0.3, 0.4) is 0 Å². The molecule has 0 radical (unpaired) electrons. The molecule has 1 aliphatic heterocycles. The van der Waals surface area contributed by atoms with Crippen molar-refractivity contribution in [2.75, 3.05) is 38.5 Å². The molecule has 1 aliphatic carbocycles. The van der Waals surface area contributed by atoms with Crippen LogP contribution < -0.4 is 16.0 Å². The van der Waals surface area contributed by atoms with Crippen LogP contribution in [0.15, 0.2) is 48.7 Å². The van der Waals surface area contributed by atoms with Crippen LogP contribution in [0.2, 0.25) is 0 Å². The van der Waals surface area contributed by atoms with E-state index in [2.05, 4.69) is 30.4 Å². The number of carbonyl (C=O) groups excluding carboxylic acids is 4. The number of nitrogens with one attached hydrogen (secondary N) is 3. The van der Waals surface area contributed by atoms with E-state index in [4.69, 9.17) is 5.26 Å². The minimum absolute atomic E-state index is 0.0525. The number of alkyl halides is 2. The van der Waals surface area contributed by atoms with Crippen LogP contribution in [-0.4, -0.2) is 88.3 Å². The molecule has 1 aromatic heterocycles. The first-order valence-corrected chi connectivity index (χ1v) is 17.9. The van der Waals surface area contributed by atoms with Crippen LogP contribution in [0.1, 0.15) is 71.8 Å². The zero-order chi connectivity index (χ0) is 37.6. The average Bonchev–Trinajstić information content (AvgIpc) is 3.69. The second-order valence-electron chi connectivity index (χ2n) is 13.6. The lowest BCUT2D eigenvalue weighted by Gasteiger charge is -2.36. The quantitative estimate of drug-likeness (QED) is 0.263. The largest absolute Gasteiger partial charge is 0.349 e. The molecule has 52 heavy (non-hydrogen) atoms. The molecule has 2 heterocycles. The maximum absolute atomic E-state index is 15.8. The number of hydrogen-bond donors (Lipinski definition) is 3. The first-order valence-electron chi connectivity index (χ1n) is 17.1. The van der Waals surface area contributed by atoms with Gasteiger partial charge in [-0.2, -0.15) is 14.0 Å². The monoisotopic (exact) mass is 738 g/mol. The summed E-state index contributed by atoms with van der Waals surface area (Å²) in [5.41, 5.74) is -0.639. The summed E-state index contributed by atoms with van der Waals surface area (Å²) in [6.07, 6.45) is 3.70. The fourth-order valence-electron chi connectivity index (χ4n) is 6.59. The van der Waals surface area contributed by atoms with Crippen molar-refractivity contribution in [1.82, 2.24) is 30.0 Å². The van der Waals surface area contributed by atoms with Crippen molar-refractivity contribution < 1.29 is 32.3 Å². The molecule has 2 aromatic carbocycles. The van der Waals surface area contributed by atoms with Crippen LogP contribution in [0, 0.1) is 29.0 Å². The number of nitrogens with zero attached hydrogens (tertiary/aromatic N) is 5. The van der Waals surface area contributed by atoms with Gasteiger partial charge in [-0.1, -0.05) is 49.4 Å². The first kappa shape index (κ1) is 38.4. The van der Waals surface area contributed by atoms with E-state index in [1.807, 2.05) is 14.0 Å². The average molecular weight is 739 g/mol. The van der Waals surface area contributed by atoms with Gasteiger partial charge in [0.2, 0.25) is 11.8 Å². The van der Waals surface area contributed by atoms with Crippen LogP contribution in [-0.2, 0) is 20.3 Å². The second-order valence-corrected chi connectivity index (χ2v) is 14.4. The fraction of sp³-hybridized carbons (Fsp3) is 0.472. The van der Waals surface area contributed by atoms with Gasteiger partial charge in [0.15, 0.2) is 0 Å². The van der Waals surface area contributed by atoms with Gasteiger partial charge in [0.05, 0.1) is 23.5 Å². The molecule has 0 spiro atoms. The van der Waals surface area contributed by atoms with Crippen molar-refractivity contribution in [3.8, 4) is 6.07 Å². The Morgan fingerprint density at radius 1 is 1.02 bits per heavy atom. The predicted octanol–water partition coefficient (Wildman–Crippen LogP) is 4.27. The van der Waals surface area contributed by atoms with Crippen molar-refractivity contribution in [3.05, 3.63) is 76.0 Å². The van der Waals surface area contributed by atoms with E-state index in [0.29, 0.717) is 50.5 Å². The molecule has 0 unspecified atom stereocenters. The zero-order valence-corrected chi connectivity index (χ0v) is 29.9. The number of hydrogen-bond acceptors (Lipinski definition) is 9. The highest BCUT2D eigenvalue weighted by molar-refractivity contribution is 7.07. The molecule has 3 aromatic rings. The van der Waals surface area contributed by atoms with Gasteiger partial charge in [0.25, 0.3) is 11.8 Å². The summed E-state index contributed by atoms with van der Waals surface area (Å²) in [6.45, 7) is 5.92. The van der Waals surface area contributed by atoms with Crippen LogP contribution >= 0.6 is 11.5 Å². The fourth-order valence-corrected chi connectivity index (χ4v) is 7.00. The van der Waals surface area contributed by atoms with Crippen molar-refractivity contribution in [2.45, 2.75) is 63.5 Å². The Labute approximate surface area is 303 Å². The van der Waals surface area contributed by atoms with E-state index in [-0.39, 0.29) is 22.0 Å². The second kappa shape index (κ2) is 16.6. The summed E-state index contributed by atoms with van der Waals surface area (Å²) in [5.74, 6) is -9.21. The number of piperazine rings is 1. The number of amides is 4. The molecular formula is C36H41F3N8O4S. The molecule has 1 saturated heterocycles. The summed E-state index contributed by atoms with van der Waals surface area (Å²) in [6, 6.07) is 7.79. The number of aromatic nitrogens is 2. The van der Waals surface area contributed by atoms with Gasteiger partial charge in [-0.25, -0.2) is 4.39 Å². The van der Waals surface area contributed by atoms with Crippen molar-refractivity contribution in [3.63, 3.8) is 0 Å². The minimum Gasteiger partial charge on any atom is -0.339 e. The first-order chi connectivity index (χ1) is 24.8. The number of benzene rings is 2. The molecule has 16 heteroatoms. The SMILES string of the molecule is C[C@@H](c1ccc(NC(=O)[C@@H](NC(=O)C(F)(F)c2cccc(C#N)c2)[C@H]2CC[C@H](C)CC2)c(F)c1)[C@@H](NC(=O)c1cnns1)C(=O)N1CCN(C)CC1. The summed E-state index contributed by atoms with van der Waals surface area (Å²) in [7, 11) is 1.95. The van der Waals surface area contributed by atoms with Gasteiger partial charge in [-0.05, 0) is 73.1 Å². The highest BCUT2D eigenvalue weighted by atomic mass is 32.1. The van der Waals surface area contributed by atoms with Crippen LogP contribution in [0.4, 0.5) is 18.9 Å². The van der Waals surface area contributed by atoms with Gasteiger partial charge >= 0.3 is 5.92 Å². The summed E-state index contributed by atoms with van der Waals surface area (Å²) >= 11 is 0.871. The van der Waals surface area contributed by atoms with E-state index in [0.717, 1.165) is 42.6 Å². The molecule has 3 atom stereocenters. The number of halogens is 3. The maximum atomic E-state index is 15.8. The third kappa shape index (κ3) is 8.94. The van der Waals surface area contributed by atoms with Gasteiger partial charge in [-0.3, -0.25) is 19.2 Å². The van der Waals surface area contributed by atoms with Crippen LogP contribution in [0.5, 0.6) is 0 Å². The van der Waals surface area contributed by atoms with E-state index in [1.165, 1.54) is 30.5 Å². The zero-order valence-electron chi connectivity index (χ0n) is 29.1. The van der Waals surface area contributed by atoms with E-state index < -0.39 is 58.9 Å². The van der Waals surface area contributed by atoms with Crippen molar-refractivity contribution in [1.29, 1.82) is 5.26 Å². The summed E-state index contributed by atoms with van der Waals surface area (Å²) in [4.78, 5) is 57.5. The molecule has 12 nitrogen and oxygen atoms in total. The third-order valence-electron chi connectivity index (χ3n) is 9.97. The lowest BCUT2D eigenvalue weighted by Crippen LogP contribution is -2.55. The lowest BCUT2D eigenvalue weighted by molar-refractivity contribution is -0.149. The highest BCUT2D eigenvalue weighted by Gasteiger charge is 2.44. The Bertz CT molecular complexity index is 1800. The molecule has 276 valence electrons. The molecule has 1 saturated carbocycles. The standard InChI is InChI=1S/C36H41F3N8O4S/c1-21-7-9-24(10-8-21)31(44-35(51)36(38,39)26-6-4-5-23(17-26)19-40)33(49)42-28-12-11-25(18-27(28)37)22(2)30(43-32(48)29-20-41-45-52-29)34(50)47-15-13-46(3)14-16-47/h4-6,11-12,17-18,20-22,24,30-31H,7-10,13-16H2,1-3H3,(H,42,49)(H,43,48)(H,44,51)/t21-,22-,24-,30+,31-/m0/s1.